The van der Waals surface area contributed by atoms with Gasteiger partial charge in [0.2, 0.25) is 11.8 Å². The number of carbonyl (C=O) groups is 3. The van der Waals surface area contributed by atoms with Crippen LogP contribution in [0.15, 0.2) is 24.3 Å². The lowest BCUT2D eigenvalue weighted by molar-refractivity contribution is -0.126. The van der Waals surface area contributed by atoms with Crippen LogP contribution in [0.2, 0.25) is 0 Å². The van der Waals surface area contributed by atoms with Gasteiger partial charge in [-0.25, -0.2) is 0 Å². The van der Waals surface area contributed by atoms with Crippen molar-refractivity contribution in [2.45, 2.75) is 57.0 Å². The average Bonchev–Trinajstić information content (AvgIpc) is 3.65. The summed E-state index contributed by atoms with van der Waals surface area (Å²) in [5.41, 5.74) is 1.15. The Kier molecular flexibility index (Phi) is 6.13. The highest BCUT2D eigenvalue weighted by Crippen LogP contribution is 2.48. The van der Waals surface area contributed by atoms with Gasteiger partial charge in [-0.1, -0.05) is 18.9 Å². The van der Waals surface area contributed by atoms with E-state index in [0.29, 0.717) is 37.4 Å². The first-order chi connectivity index (χ1) is 16.9. The van der Waals surface area contributed by atoms with E-state index in [1.165, 1.54) is 0 Å². The van der Waals surface area contributed by atoms with E-state index in [2.05, 4.69) is 21.7 Å². The lowest BCUT2D eigenvalue weighted by Crippen LogP contribution is -2.49. The van der Waals surface area contributed by atoms with Crippen LogP contribution in [-0.4, -0.2) is 59.9 Å². The van der Waals surface area contributed by atoms with Gasteiger partial charge in [0, 0.05) is 29.9 Å². The molecule has 5 rings (SSSR count). The number of amides is 3. The molecule has 184 valence electrons. The molecule has 3 fully saturated rings. The maximum absolute atomic E-state index is 13.7. The Balaban J connectivity index is 1.38. The minimum absolute atomic E-state index is 0.0607. The number of ether oxygens (including phenoxy) is 1. The van der Waals surface area contributed by atoms with E-state index in [1.54, 1.807) is 18.1 Å². The van der Waals surface area contributed by atoms with Crippen molar-refractivity contribution in [1.82, 2.24) is 20.5 Å². The van der Waals surface area contributed by atoms with E-state index in [-0.39, 0.29) is 35.5 Å². The lowest BCUT2D eigenvalue weighted by Gasteiger charge is -2.25. The van der Waals surface area contributed by atoms with E-state index < -0.39 is 12.1 Å². The first-order valence-electron chi connectivity index (χ1n) is 12.4. The highest BCUT2D eigenvalue weighted by atomic mass is 16.5. The molecule has 3 N–H and O–H groups in total. The molecule has 9 heteroatoms. The van der Waals surface area contributed by atoms with Crippen LogP contribution in [0.25, 0.3) is 10.9 Å². The van der Waals surface area contributed by atoms with Gasteiger partial charge < -0.3 is 25.3 Å². The van der Waals surface area contributed by atoms with Gasteiger partial charge in [-0.2, -0.15) is 5.26 Å². The predicted octanol–water partition coefficient (Wildman–Crippen LogP) is 2.49. The Labute approximate surface area is 204 Å². The van der Waals surface area contributed by atoms with Crippen molar-refractivity contribution in [3.63, 3.8) is 0 Å². The zero-order chi connectivity index (χ0) is 24.6. The molecule has 9 nitrogen and oxygen atoms in total. The molecule has 2 aromatic rings. The summed E-state index contributed by atoms with van der Waals surface area (Å²) in [4.78, 5) is 44.0. The van der Waals surface area contributed by atoms with Gasteiger partial charge >= 0.3 is 0 Å². The smallest absolute Gasteiger partial charge is 0.271 e. The molecule has 0 radical (unpaired) electrons. The fourth-order valence-corrected chi connectivity index (χ4v) is 6.13. The second-order valence-corrected chi connectivity index (χ2v) is 10.2. The highest BCUT2D eigenvalue weighted by molar-refractivity contribution is 6.02. The number of fused-ring (bicyclic) bond motifs is 1. The Morgan fingerprint density at radius 1 is 1.34 bits per heavy atom. The molecule has 35 heavy (non-hydrogen) atoms. The molecular weight excluding hydrogens is 446 g/mol. The van der Waals surface area contributed by atoms with Gasteiger partial charge in [-0.15, -0.1) is 0 Å². The van der Waals surface area contributed by atoms with Crippen molar-refractivity contribution in [3.8, 4) is 11.8 Å². The highest BCUT2D eigenvalue weighted by Gasteiger charge is 2.50. The van der Waals surface area contributed by atoms with Crippen LogP contribution < -0.4 is 15.4 Å². The molecule has 2 aliphatic heterocycles. The number of H-pyrrole nitrogens is 1. The molecule has 1 aliphatic carbocycles. The van der Waals surface area contributed by atoms with E-state index in [1.807, 2.05) is 18.2 Å². The second kappa shape index (κ2) is 9.25. The van der Waals surface area contributed by atoms with Crippen molar-refractivity contribution in [2.24, 2.45) is 11.3 Å². The van der Waals surface area contributed by atoms with Crippen molar-refractivity contribution in [2.75, 3.05) is 20.2 Å². The molecule has 1 aromatic carbocycles. The first-order valence-corrected chi connectivity index (χ1v) is 12.4. The summed E-state index contributed by atoms with van der Waals surface area (Å²) in [6.07, 6.45) is 5.71. The third-order valence-corrected chi connectivity index (χ3v) is 7.97. The molecule has 1 saturated carbocycles. The van der Waals surface area contributed by atoms with Gasteiger partial charge in [-0.05, 0) is 55.7 Å². The summed E-state index contributed by atoms with van der Waals surface area (Å²) in [6, 6.07) is 8.08. The number of nitriles is 1. The summed E-state index contributed by atoms with van der Waals surface area (Å²) in [5.74, 6) is -0.217. The zero-order valence-corrected chi connectivity index (χ0v) is 19.9. The number of carbonyl (C=O) groups excluding carboxylic acids is 3. The standard InChI is InChI=1S/C26H31N5O4/c1-35-22-6-4-5-19-18(22)12-20(30-19)25(34)31-15-26(8-2-3-9-26)13-21(31)24(33)29-17(14-27)11-16-7-10-28-23(16)32/h4-6,12,16-17,21,30H,2-3,7-11,13,15H2,1H3,(H,28,32)(H,29,33)/t16-,17-,21-/m0/s1. The van der Waals surface area contributed by atoms with Crippen LogP contribution in [0.1, 0.15) is 55.4 Å². The SMILES string of the molecule is COc1cccc2[nH]c(C(=O)N3CC4(CCCC4)C[C@H]3C(=O)N[C@H](C#N)C[C@@H]3CCNC3=O)cc12. The molecule has 3 amide bonds. The fourth-order valence-electron chi connectivity index (χ4n) is 6.13. The third-order valence-electron chi connectivity index (χ3n) is 7.97. The molecule has 1 spiro atoms. The normalized spacial score (nSPS) is 23.9. The fraction of sp³-hybridized carbons (Fsp3) is 0.538. The number of methoxy groups -OCH3 is 1. The number of rotatable bonds is 6. The summed E-state index contributed by atoms with van der Waals surface area (Å²) in [6.45, 7) is 1.12. The van der Waals surface area contributed by atoms with Crippen molar-refractivity contribution in [1.29, 1.82) is 5.26 Å². The molecule has 3 heterocycles. The van der Waals surface area contributed by atoms with Crippen molar-refractivity contribution in [3.05, 3.63) is 30.0 Å². The van der Waals surface area contributed by atoms with Gasteiger partial charge in [-0.3, -0.25) is 14.4 Å². The molecule has 3 atom stereocenters. The average molecular weight is 478 g/mol. The van der Waals surface area contributed by atoms with Gasteiger partial charge in [0.25, 0.3) is 5.91 Å². The summed E-state index contributed by atoms with van der Waals surface area (Å²) in [5, 5.41) is 16.1. The predicted molar refractivity (Wildman–Crippen MR) is 128 cm³/mol. The second-order valence-electron chi connectivity index (χ2n) is 10.2. The first kappa shape index (κ1) is 23.2. The van der Waals surface area contributed by atoms with E-state index in [4.69, 9.17) is 4.74 Å². The van der Waals surface area contributed by atoms with Crippen molar-refractivity contribution >= 4 is 28.6 Å². The number of nitrogens with one attached hydrogen (secondary N) is 3. The number of nitrogens with zero attached hydrogens (tertiary/aromatic N) is 2. The number of likely N-dealkylation sites (tertiary alicyclic amines) is 1. The van der Waals surface area contributed by atoms with Crippen LogP contribution >= 0.6 is 0 Å². The third kappa shape index (κ3) is 4.33. The summed E-state index contributed by atoms with van der Waals surface area (Å²) >= 11 is 0. The van der Waals surface area contributed by atoms with Crippen molar-refractivity contribution < 1.29 is 19.1 Å². The Bertz CT molecular complexity index is 1190. The number of aromatic amines is 1. The van der Waals surface area contributed by atoms with E-state index >= 15 is 0 Å². The monoisotopic (exact) mass is 477 g/mol. The number of hydrogen-bond acceptors (Lipinski definition) is 5. The minimum Gasteiger partial charge on any atom is -0.496 e. The molecular formula is C26H31N5O4. The minimum atomic E-state index is -0.772. The molecule has 1 aromatic heterocycles. The molecule has 0 bridgehead atoms. The largest absolute Gasteiger partial charge is 0.496 e. The quantitative estimate of drug-likeness (QED) is 0.589. The maximum atomic E-state index is 13.7. The van der Waals surface area contributed by atoms with Crippen LogP contribution in [0.5, 0.6) is 5.75 Å². The van der Waals surface area contributed by atoms with E-state index in [0.717, 1.165) is 36.6 Å². The van der Waals surface area contributed by atoms with Gasteiger partial charge in [0.05, 0.1) is 13.2 Å². The maximum Gasteiger partial charge on any atom is 0.271 e. The topological polar surface area (TPSA) is 127 Å². The number of benzene rings is 1. The Morgan fingerprint density at radius 2 is 2.14 bits per heavy atom. The molecule has 2 saturated heterocycles. The van der Waals surface area contributed by atoms with E-state index in [9.17, 15) is 19.6 Å². The van der Waals surface area contributed by atoms with Gasteiger partial charge in [0.1, 0.15) is 23.5 Å². The van der Waals surface area contributed by atoms with Crippen LogP contribution in [-0.2, 0) is 9.59 Å². The Hall–Kier alpha value is -3.54. The van der Waals surface area contributed by atoms with Gasteiger partial charge in [0.15, 0.2) is 0 Å². The number of hydrogen-bond donors (Lipinski definition) is 3. The zero-order valence-electron chi connectivity index (χ0n) is 19.9. The van der Waals surface area contributed by atoms with Crippen LogP contribution in [0.4, 0.5) is 0 Å². The number of aromatic nitrogens is 1. The lowest BCUT2D eigenvalue weighted by atomic mass is 9.84. The molecule has 3 aliphatic rings. The van der Waals surface area contributed by atoms with Crippen LogP contribution in [0.3, 0.4) is 0 Å². The summed E-state index contributed by atoms with van der Waals surface area (Å²) < 4.78 is 5.43. The Morgan fingerprint density at radius 3 is 2.83 bits per heavy atom. The summed E-state index contributed by atoms with van der Waals surface area (Å²) in [7, 11) is 1.59. The molecule has 0 unspecified atom stereocenters. The van der Waals surface area contributed by atoms with Crippen LogP contribution in [0, 0.1) is 22.7 Å².